The van der Waals surface area contributed by atoms with Crippen LogP contribution in [0, 0.1) is 0 Å². The summed E-state index contributed by atoms with van der Waals surface area (Å²) in [7, 11) is 0. The number of rotatable bonds is 7. The van der Waals surface area contributed by atoms with Gasteiger partial charge in [-0.2, -0.15) is 0 Å². The summed E-state index contributed by atoms with van der Waals surface area (Å²) < 4.78 is 1.95. The second-order valence-electron chi connectivity index (χ2n) is 6.83. The van der Waals surface area contributed by atoms with E-state index in [1.54, 1.807) is 4.90 Å². The van der Waals surface area contributed by atoms with Crippen LogP contribution in [0.3, 0.4) is 0 Å². The molecule has 0 fully saturated rings. The summed E-state index contributed by atoms with van der Waals surface area (Å²) in [5, 5.41) is 2.94. The van der Waals surface area contributed by atoms with Gasteiger partial charge >= 0.3 is 0 Å². The molecule has 3 rings (SSSR count). The van der Waals surface area contributed by atoms with E-state index < -0.39 is 0 Å². The van der Waals surface area contributed by atoms with Crippen molar-refractivity contribution >= 4 is 17.5 Å². The summed E-state index contributed by atoms with van der Waals surface area (Å²) in [4.78, 5) is 32.1. The van der Waals surface area contributed by atoms with Crippen LogP contribution in [0.5, 0.6) is 0 Å². The molecule has 27 heavy (non-hydrogen) atoms. The van der Waals surface area contributed by atoms with Crippen LogP contribution in [-0.4, -0.2) is 34.5 Å². The van der Waals surface area contributed by atoms with Crippen molar-refractivity contribution in [2.45, 2.75) is 52.5 Å². The highest BCUT2D eigenvalue weighted by atomic mass is 16.2. The zero-order chi connectivity index (χ0) is 19.2. The number of hydrogen-bond donors (Lipinski definition) is 1. The van der Waals surface area contributed by atoms with E-state index in [9.17, 15) is 9.59 Å². The average molecular weight is 368 g/mol. The standard InChI is InChI=1S/C21H28N4O2/c1-3-5-14-22-20(26)18-17-13-9-10-15-25(17)19(23-18)21(27)24(4-2)16-11-7-6-8-12-16/h6-8,11-12H,3-5,9-10,13-15H2,1-2H3,(H,22,26). The van der Waals surface area contributed by atoms with Crippen molar-refractivity contribution in [1.29, 1.82) is 0 Å². The topological polar surface area (TPSA) is 67.2 Å². The highest BCUT2D eigenvalue weighted by Gasteiger charge is 2.29. The number of anilines is 1. The monoisotopic (exact) mass is 368 g/mol. The van der Waals surface area contributed by atoms with Crippen LogP contribution in [-0.2, 0) is 13.0 Å². The zero-order valence-corrected chi connectivity index (χ0v) is 16.2. The summed E-state index contributed by atoms with van der Waals surface area (Å²) in [6.45, 7) is 5.95. The van der Waals surface area contributed by atoms with Gasteiger partial charge in [-0.15, -0.1) is 0 Å². The number of para-hydroxylation sites is 1. The van der Waals surface area contributed by atoms with Gasteiger partial charge < -0.3 is 14.8 Å². The molecule has 1 aliphatic heterocycles. The predicted molar refractivity (Wildman–Crippen MR) is 106 cm³/mol. The first-order chi connectivity index (χ1) is 13.2. The molecule has 0 spiro atoms. The van der Waals surface area contributed by atoms with Gasteiger partial charge in [0.1, 0.15) is 5.69 Å². The van der Waals surface area contributed by atoms with Gasteiger partial charge in [0.05, 0.1) is 5.69 Å². The average Bonchev–Trinajstić information content (AvgIpc) is 3.09. The molecule has 6 nitrogen and oxygen atoms in total. The first-order valence-corrected chi connectivity index (χ1v) is 9.91. The molecule has 1 N–H and O–H groups in total. The van der Waals surface area contributed by atoms with Gasteiger partial charge in [-0.3, -0.25) is 9.59 Å². The largest absolute Gasteiger partial charge is 0.351 e. The molecule has 2 heterocycles. The summed E-state index contributed by atoms with van der Waals surface area (Å²) in [5.41, 5.74) is 2.15. The Kier molecular flexibility index (Phi) is 6.27. The van der Waals surface area contributed by atoms with Crippen molar-refractivity contribution in [3.63, 3.8) is 0 Å². The lowest BCUT2D eigenvalue weighted by atomic mass is 10.1. The van der Waals surface area contributed by atoms with Crippen LogP contribution >= 0.6 is 0 Å². The summed E-state index contributed by atoms with van der Waals surface area (Å²) in [6, 6.07) is 9.59. The Morgan fingerprint density at radius 2 is 1.96 bits per heavy atom. The Hall–Kier alpha value is -2.63. The fraction of sp³-hybridized carbons (Fsp3) is 0.476. The van der Waals surface area contributed by atoms with E-state index in [2.05, 4.69) is 17.2 Å². The highest BCUT2D eigenvalue weighted by Crippen LogP contribution is 2.24. The number of imidazole rings is 1. The molecule has 0 radical (unpaired) electrons. The van der Waals surface area contributed by atoms with Gasteiger partial charge in [-0.1, -0.05) is 31.5 Å². The van der Waals surface area contributed by atoms with Crippen molar-refractivity contribution in [2.24, 2.45) is 0 Å². The lowest BCUT2D eigenvalue weighted by Gasteiger charge is -2.22. The molecule has 1 aromatic heterocycles. The Morgan fingerprint density at radius 1 is 1.19 bits per heavy atom. The van der Waals surface area contributed by atoms with Crippen molar-refractivity contribution in [1.82, 2.24) is 14.9 Å². The SMILES string of the molecule is CCCCNC(=O)c1nc(C(=O)N(CC)c2ccccc2)n2c1CCCC2. The molecule has 2 amide bonds. The maximum absolute atomic E-state index is 13.3. The van der Waals surface area contributed by atoms with Crippen LogP contribution in [0.15, 0.2) is 30.3 Å². The number of carbonyl (C=O) groups is 2. The van der Waals surface area contributed by atoms with E-state index >= 15 is 0 Å². The maximum atomic E-state index is 13.3. The third kappa shape index (κ3) is 4.04. The number of benzene rings is 1. The number of unbranched alkanes of at least 4 members (excludes halogenated alkanes) is 1. The molecule has 1 aliphatic rings. The summed E-state index contributed by atoms with van der Waals surface area (Å²) in [6.07, 6.45) is 4.76. The molecule has 0 atom stereocenters. The first-order valence-electron chi connectivity index (χ1n) is 9.91. The molecule has 0 saturated heterocycles. The molecule has 144 valence electrons. The van der Waals surface area contributed by atoms with E-state index in [-0.39, 0.29) is 11.8 Å². The number of nitrogens with zero attached hydrogens (tertiary/aromatic N) is 3. The summed E-state index contributed by atoms with van der Waals surface area (Å²) >= 11 is 0. The predicted octanol–water partition coefficient (Wildman–Crippen LogP) is 3.42. The van der Waals surface area contributed by atoms with E-state index in [1.807, 2.05) is 41.8 Å². The number of carbonyl (C=O) groups excluding carboxylic acids is 2. The second-order valence-corrected chi connectivity index (χ2v) is 6.83. The number of amides is 2. The minimum Gasteiger partial charge on any atom is -0.351 e. The van der Waals surface area contributed by atoms with E-state index in [4.69, 9.17) is 0 Å². The molecule has 0 aliphatic carbocycles. The molecule has 2 aromatic rings. The molecule has 0 bridgehead atoms. The van der Waals surface area contributed by atoms with Crippen LogP contribution in [0.25, 0.3) is 0 Å². The molecule has 0 saturated carbocycles. The van der Waals surface area contributed by atoms with Crippen LogP contribution < -0.4 is 10.2 Å². The lowest BCUT2D eigenvalue weighted by molar-refractivity contribution is 0.0947. The number of aromatic nitrogens is 2. The fourth-order valence-corrected chi connectivity index (χ4v) is 3.52. The summed E-state index contributed by atoms with van der Waals surface area (Å²) in [5.74, 6) is 0.0476. The maximum Gasteiger partial charge on any atom is 0.294 e. The van der Waals surface area contributed by atoms with Crippen LogP contribution in [0.4, 0.5) is 5.69 Å². The third-order valence-corrected chi connectivity index (χ3v) is 4.97. The van der Waals surface area contributed by atoms with Crippen molar-refractivity contribution < 1.29 is 9.59 Å². The van der Waals surface area contributed by atoms with Crippen LogP contribution in [0.2, 0.25) is 0 Å². The Labute approximate surface area is 160 Å². The molecular weight excluding hydrogens is 340 g/mol. The van der Waals surface area contributed by atoms with Gasteiger partial charge in [0.25, 0.3) is 11.8 Å². The minimum atomic E-state index is -0.170. The van der Waals surface area contributed by atoms with Gasteiger partial charge in [-0.25, -0.2) is 4.98 Å². The quantitative estimate of drug-likeness (QED) is 0.762. The second kappa shape index (κ2) is 8.84. The van der Waals surface area contributed by atoms with E-state index in [0.29, 0.717) is 24.6 Å². The Morgan fingerprint density at radius 3 is 2.67 bits per heavy atom. The minimum absolute atomic E-state index is 0.153. The smallest absolute Gasteiger partial charge is 0.294 e. The van der Waals surface area contributed by atoms with E-state index in [0.717, 1.165) is 50.0 Å². The number of fused-ring (bicyclic) bond motifs is 1. The van der Waals surface area contributed by atoms with Gasteiger partial charge in [0.2, 0.25) is 5.82 Å². The lowest BCUT2D eigenvalue weighted by Crippen LogP contribution is -2.33. The van der Waals surface area contributed by atoms with Gasteiger partial charge in [0, 0.05) is 25.3 Å². The van der Waals surface area contributed by atoms with Crippen molar-refractivity contribution in [2.75, 3.05) is 18.0 Å². The van der Waals surface area contributed by atoms with E-state index in [1.165, 1.54) is 0 Å². The molecule has 1 aromatic carbocycles. The van der Waals surface area contributed by atoms with Crippen molar-refractivity contribution in [3.05, 3.63) is 47.5 Å². The molecule has 6 heteroatoms. The number of nitrogens with one attached hydrogen (secondary N) is 1. The normalized spacial score (nSPS) is 13.1. The molecule has 0 unspecified atom stereocenters. The highest BCUT2D eigenvalue weighted by molar-refractivity contribution is 6.05. The Balaban J connectivity index is 1.93. The first kappa shape index (κ1) is 19.1. The van der Waals surface area contributed by atoms with Gasteiger partial charge in [0.15, 0.2) is 0 Å². The third-order valence-electron chi connectivity index (χ3n) is 4.97. The number of hydrogen-bond acceptors (Lipinski definition) is 3. The zero-order valence-electron chi connectivity index (χ0n) is 16.2. The molecular formula is C21H28N4O2. The fourth-order valence-electron chi connectivity index (χ4n) is 3.52. The van der Waals surface area contributed by atoms with Crippen LogP contribution in [0.1, 0.15) is 66.3 Å². The van der Waals surface area contributed by atoms with Crippen molar-refractivity contribution in [3.8, 4) is 0 Å². The van der Waals surface area contributed by atoms with Gasteiger partial charge in [-0.05, 0) is 44.7 Å². The Bertz CT molecular complexity index is 798.